The maximum absolute atomic E-state index is 11.3. The minimum atomic E-state index is -0.577. The van der Waals surface area contributed by atoms with Gasteiger partial charge in [-0.15, -0.1) is 5.10 Å². The molecular weight excluding hydrogens is 230 g/mol. The number of nitrogens with one attached hydrogen (secondary N) is 2. The molecule has 0 spiro atoms. The molecule has 1 rings (SSSR count). The summed E-state index contributed by atoms with van der Waals surface area (Å²) < 4.78 is 4.42. The number of hydrazone groups is 1. The van der Waals surface area contributed by atoms with Gasteiger partial charge in [-0.1, -0.05) is 6.58 Å². The molecule has 1 heterocycles. The lowest BCUT2D eigenvalue weighted by Gasteiger charge is -1.97. The van der Waals surface area contributed by atoms with Crippen LogP contribution in [0.15, 0.2) is 28.4 Å². The zero-order valence-corrected chi connectivity index (χ0v) is 9.68. The number of carbonyl (C=O) groups is 2. The molecule has 0 aromatic carbocycles. The van der Waals surface area contributed by atoms with Crippen LogP contribution in [0.4, 0.5) is 0 Å². The second-order valence-corrected chi connectivity index (χ2v) is 3.93. The van der Waals surface area contributed by atoms with Crippen molar-refractivity contribution in [3.63, 3.8) is 0 Å². The Bertz CT molecular complexity index is 401. The van der Waals surface area contributed by atoms with Crippen molar-refractivity contribution in [2.24, 2.45) is 5.10 Å². The van der Waals surface area contributed by atoms with Crippen molar-refractivity contribution < 1.29 is 14.3 Å². The average Bonchev–Trinajstić information content (AvgIpc) is 2.56. The molecule has 16 heavy (non-hydrogen) atoms. The summed E-state index contributed by atoms with van der Waals surface area (Å²) in [5, 5.41) is 6.71. The van der Waals surface area contributed by atoms with E-state index < -0.39 is 5.97 Å². The van der Waals surface area contributed by atoms with Crippen molar-refractivity contribution in [3.05, 3.63) is 23.3 Å². The fourth-order valence-corrected chi connectivity index (χ4v) is 1.53. The first-order valence-electron chi connectivity index (χ1n) is 4.31. The van der Waals surface area contributed by atoms with E-state index >= 15 is 0 Å². The number of esters is 1. The van der Waals surface area contributed by atoms with Crippen LogP contribution in [0.3, 0.4) is 0 Å². The molecule has 1 aliphatic rings. The molecule has 1 aliphatic heterocycles. The first-order valence-corrected chi connectivity index (χ1v) is 5.12. The summed E-state index contributed by atoms with van der Waals surface area (Å²) in [7, 11) is 1.24. The predicted molar refractivity (Wildman–Crippen MR) is 61.2 cm³/mol. The molecule has 2 N–H and O–H groups in total. The Kier molecular flexibility index (Phi) is 4.12. The number of carbonyl (C=O) groups excluding carboxylic acids is 2. The molecule has 0 aromatic rings. The molecule has 0 radical (unpaired) electrons. The zero-order valence-electron chi connectivity index (χ0n) is 8.86. The Labute approximate surface area is 96.8 Å². The number of nitrogens with zero attached hydrogens (tertiary/aromatic N) is 1. The van der Waals surface area contributed by atoms with E-state index in [1.165, 1.54) is 7.11 Å². The lowest BCUT2D eigenvalue weighted by Crippen LogP contribution is -2.22. The van der Waals surface area contributed by atoms with Gasteiger partial charge in [-0.3, -0.25) is 15.5 Å². The lowest BCUT2D eigenvalue weighted by molar-refractivity contribution is -0.135. The van der Waals surface area contributed by atoms with Gasteiger partial charge in [0.05, 0.1) is 12.0 Å². The summed E-state index contributed by atoms with van der Waals surface area (Å²) in [6.45, 7) is 5.32. The van der Waals surface area contributed by atoms with Crippen LogP contribution in [-0.2, 0) is 14.3 Å². The van der Waals surface area contributed by atoms with Crippen molar-refractivity contribution in [1.29, 1.82) is 0 Å². The molecule has 0 aromatic heterocycles. The number of rotatable bonds is 3. The van der Waals surface area contributed by atoms with Gasteiger partial charge in [0.2, 0.25) is 0 Å². The van der Waals surface area contributed by atoms with Crippen LogP contribution in [0.2, 0.25) is 0 Å². The van der Waals surface area contributed by atoms with Gasteiger partial charge in [0.25, 0.3) is 5.91 Å². The highest BCUT2D eigenvalue weighted by Gasteiger charge is 2.24. The molecule has 0 atom stereocenters. The SMILES string of the molecule is C=C(C)N/N=C1/NC(=O)C(=CC(=O)OC)S1. The topological polar surface area (TPSA) is 79.8 Å². The van der Waals surface area contributed by atoms with Crippen LogP contribution in [0, 0.1) is 0 Å². The highest BCUT2D eigenvalue weighted by molar-refractivity contribution is 8.18. The number of hydrogen-bond donors (Lipinski definition) is 2. The van der Waals surface area contributed by atoms with Gasteiger partial charge < -0.3 is 4.74 Å². The van der Waals surface area contributed by atoms with Crippen molar-refractivity contribution in [2.45, 2.75) is 6.92 Å². The first kappa shape index (κ1) is 12.3. The van der Waals surface area contributed by atoms with Crippen molar-refractivity contribution in [3.8, 4) is 0 Å². The van der Waals surface area contributed by atoms with Crippen LogP contribution in [0.1, 0.15) is 6.92 Å². The van der Waals surface area contributed by atoms with E-state index in [9.17, 15) is 9.59 Å². The van der Waals surface area contributed by atoms with E-state index in [2.05, 4.69) is 27.2 Å². The van der Waals surface area contributed by atoms with E-state index in [1.807, 2.05) is 0 Å². The van der Waals surface area contributed by atoms with Gasteiger partial charge in [0, 0.05) is 11.8 Å². The van der Waals surface area contributed by atoms with Crippen LogP contribution in [0.5, 0.6) is 0 Å². The van der Waals surface area contributed by atoms with E-state index in [0.29, 0.717) is 10.9 Å². The van der Waals surface area contributed by atoms with Crippen LogP contribution in [0.25, 0.3) is 0 Å². The summed E-state index contributed by atoms with van der Waals surface area (Å²) in [6.07, 6.45) is 1.11. The first-order chi connectivity index (χ1) is 7.52. The second kappa shape index (κ2) is 5.36. The largest absolute Gasteiger partial charge is 0.466 e. The zero-order chi connectivity index (χ0) is 12.1. The monoisotopic (exact) mass is 241 g/mol. The van der Waals surface area contributed by atoms with Crippen molar-refractivity contribution >= 4 is 28.8 Å². The maximum Gasteiger partial charge on any atom is 0.331 e. The molecule has 0 unspecified atom stereocenters. The smallest absolute Gasteiger partial charge is 0.331 e. The normalized spacial score (nSPS) is 19.8. The van der Waals surface area contributed by atoms with Gasteiger partial charge in [0.1, 0.15) is 0 Å². The minimum Gasteiger partial charge on any atom is -0.466 e. The molecule has 1 amide bonds. The Morgan fingerprint density at radius 3 is 2.94 bits per heavy atom. The molecule has 0 aliphatic carbocycles. The van der Waals surface area contributed by atoms with Crippen LogP contribution >= 0.6 is 11.8 Å². The Morgan fingerprint density at radius 1 is 1.69 bits per heavy atom. The predicted octanol–water partition coefficient (Wildman–Crippen LogP) is 0.300. The Hall–Kier alpha value is -1.76. The number of allylic oxidation sites excluding steroid dienone is 1. The van der Waals surface area contributed by atoms with Crippen molar-refractivity contribution in [1.82, 2.24) is 10.7 Å². The number of hydrogen-bond acceptors (Lipinski definition) is 6. The maximum atomic E-state index is 11.3. The Balaban J connectivity index is 2.71. The van der Waals surface area contributed by atoms with E-state index in [4.69, 9.17) is 0 Å². The minimum absolute atomic E-state index is 0.245. The third-order valence-corrected chi connectivity index (χ3v) is 2.36. The van der Waals surface area contributed by atoms with Gasteiger partial charge >= 0.3 is 5.97 Å². The molecular formula is C9H11N3O3S. The summed E-state index contributed by atoms with van der Waals surface area (Å²) in [6, 6.07) is 0. The van der Waals surface area contributed by atoms with Gasteiger partial charge in [-0.25, -0.2) is 4.79 Å². The fourth-order valence-electron chi connectivity index (χ4n) is 0.793. The number of ether oxygens (including phenoxy) is 1. The summed E-state index contributed by atoms with van der Waals surface area (Å²) in [5.74, 6) is -0.954. The van der Waals surface area contributed by atoms with Crippen molar-refractivity contribution in [2.75, 3.05) is 7.11 Å². The standard InChI is InChI=1S/C9H11N3O3S/c1-5(2)11-12-9-10-8(14)6(16-9)4-7(13)15-3/h4,11H,1H2,2-3H3,(H,10,12,14). The average molecular weight is 241 g/mol. The number of amides is 1. The number of amidine groups is 1. The molecule has 0 bridgehead atoms. The number of thioether (sulfide) groups is 1. The second-order valence-electron chi connectivity index (χ2n) is 2.90. The lowest BCUT2D eigenvalue weighted by atomic mass is 10.4. The van der Waals surface area contributed by atoms with E-state index in [-0.39, 0.29) is 10.8 Å². The summed E-state index contributed by atoms with van der Waals surface area (Å²) in [5.41, 5.74) is 3.26. The summed E-state index contributed by atoms with van der Waals surface area (Å²) in [4.78, 5) is 22.5. The van der Waals surface area contributed by atoms with Crippen LogP contribution in [-0.4, -0.2) is 24.2 Å². The Morgan fingerprint density at radius 2 is 2.38 bits per heavy atom. The summed E-state index contributed by atoms with van der Waals surface area (Å²) >= 11 is 1.05. The molecule has 1 fully saturated rings. The highest BCUT2D eigenvalue weighted by Crippen LogP contribution is 2.22. The molecule has 86 valence electrons. The molecule has 7 heteroatoms. The third-order valence-electron chi connectivity index (χ3n) is 1.45. The van der Waals surface area contributed by atoms with Crippen LogP contribution < -0.4 is 10.7 Å². The van der Waals surface area contributed by atoms with E-state index in [1.54, 1.807) is 6.92 Å². The van der Waals surface area contributed by atoms with E-state index in [0.717, 1.165) is 17.8 Å². The third kappa shape index (κ3) is 3.43. The number of methoxy groups -OCH3 is 1. The van der Waals surface area contributed by atoms with Gasteiger partial charge in [0.15, 0.2) is 5.17 Å². The molecule has 1 saturated heterocycles. The highest BCUT2D eigenvalue weighted by atomic mass is 32.2. The quantitative estimate of drug-likeness (QED) is 0.422. The molecule has 0 saturated carbocycles. The fraction of sp³-hybridized carbons (Fsp3) is 0.222. The van der Waals surface area contributed by atoms with Gasteiger partial charge in [-0.05, 0) is 18.7 Å². The molecule has 6 nitrogen and oxygen atoms in total. The van der Waals surface area contributed by atoms with Gasteiger partial charge in [-0.2, -0.15) is 0 Å².